The van der Waals surface area contributed by atoms with Crippen molar-refractivity contribution in [3.63, 3.8) is 0 Å². The van der Waals surface area contributed by atoms with Gasteiger partial charge in [0.15, 0.2) is 0 Å². The highest BCUT2D eigenvalue weighted by molar-refractivity contribution is 7.12. The summed E-state index contributed by atoms with van der Waals surface area (Å²) in [6.45, 7) is 2.14. The SMILES string of the molecule is Cc1ccc([C@H](N)CC2CC2)s1.Cl. The standard InChI is InChI=1S/C10H15NS.ClH/c1-7-2-5-10(12-7)9(11)6-8-3-4-8;/h2,5,8-9H,3-4,6,11H2,1H3;1H/t9-;/m1./s1. The van der Waals surface area contributed by atoms with E-state index in [0.29, 0.717) is 6.04 Å². The summed E-state index contributed by atoms with van der Waals surface area (Å²) < 4.78 is 0. The van der Waals surface area contributed by atoms with Gasteiger partial charge in [-0.2, -0.15) is 0 Å². The lowest BCUT2D eigenvalue weighted by molar-refractivity contribution is 0.605. The maximum atomic E-state index is 6.06. The Hall–Kier alpha value is -0.0500. The van der Waals surface area contributed by atoms with E-state index in [1.807, 2.05) is 11.3 Å². The first kappa shape index (κ1) is 11.0. The molecule has 0 unspecified atom stereocenters. The van der Waals surface area contributed by atoms with E-state index >= 15 is 0 Å². The van der Waals surface area contributed by atoms with Crippen molar-refractivity contribution in [2.75, 3.05) is 0 Å². The Balaban J connectivity index is 0.000000845. The van der Waals surface area contributed by atoms with E-state index in [-0.39, 0.29) is 12.4 Å². The highest BCUT2D eigenvalue weighted by Crippen LogP contribution is 2.37. The summed E-state index contributed by atoms with van der Waals surface area (Å²) in [4.78, 5) is 2.73. The maximum Gasteiger partial charge on any atom is 0.0392 e. The van der Waals surface area contributed by atoms with E-state index in [4.69, 9.17) is 5.73 Å². The molecule has 1 fully saturated rings. The minimum atomic E-state index is 0. The van der Waals surface area contributed by atoms with E-state index in [1.54, 1.807) is 0 Å². The van der Waals surface area contributed by atoms with Gasteiger partial charge < -0.3 is 5.73 Å². The largest absolute Gasteiger partial charge is 0.323 e. The fourth-order valence-electron chi connectivity index (χ4n) is 1.48. The summed E-state index contributed by atoms with van der Waals surface area (Å²) in [6.07, 6.45) is 4.00. The third kappa shape index (κ3) is 2.97. The third-order valence-electron chi connectivity index (χ3n) is 2.41. The number of thiophene rings is 1. The van der Waals surface area contributed by atoms with Crippen LogP contribution in [0.2, 0.25) is 0 Å². The topological polar surface area (TPSA) is 26.0 Å². The molecule has 0 bridgehead atoms. The summed E-state index contributed by atoms with van der Waals surface area (Å²) in [6, 6.07) is 4.64. The van der Waals surface area contributed by atoms with Gasteiger partial charge in [-0.05, 0) is 31.4 Å². The predicted molar refractivity (Wildman–Crippen MR) is 60.6 cm³/mol. The Morgan fingerprint density at radius 1 is 1.54 bits per heavy atom. The number of aryl methyl sites for hydroxylation is 1. The van der Waals surface area contributed by atoms with Gasteiger partial charge in [0, 0.05) is 15.8 Å². The first-order valence-corrected chi connectivity index (χ1v) is 5.39. The van der Waals surface area contributed by atoms with Crippen molar-refractivity contribution in [1.29, 1.82) is 0 Å². The van der Waals surface area contributed by atoms with Gasteiger partial charge in [-0.15, -0.1) is 23.7 Å². The van der Waals surface area contributed by atoms with E-state index in [1.165, 1.54) is 29.0 Å². The van der Waals surface area contributed by atoms with Gasteiger partial charge in [0.05, 0.1) is 0 Å². The molecule has 2 N–H and O–H groups in total. The molecule has 0 saturated heterocycles. The number of hydrogen-bond acceptors (Lipinski definition) is 2. The van der Waals surface area contributed by atoms with Crippen LogP contribution in [0.5, 0.6) is 0 Å². The van der Waals surface area contributed by atoms with Crippen LogP contribution in [0.25, 0.3) is 0 Å². The molecule has 0 radical (unpaired) electrons. The van der Waals surface area contributed by atoms with Crippen molar-refractivity contribution in [3.8, 4) is 0 Å². The quantitative estimate of drug-likeness (QED) is 0.827. The average molecular weight is 218 g/mol. The van der Waals surface area contributed by atoms with Crippen LogP contribution in [-0.4, -0.2) is 0 Å². The Morgan fingerprint density at radius 2 is 2.23 bits per heavy atom. The molecule has 2 rings (SSSR count). The highest BCUT2D eigenvalue weighted by Gasteiger charge is 2.24. The van der Waals surface area contributed by atoms with Gasteiger partial charge in [-0.3, -0.25) is 0 Å². The highest BCUT2D eigenvalue weighted by atomic mass is 35.5. The first-order chi connectivity index (χ1) is 5.75. The van der Waals surface area contributed by atoms with Gasteiger partial charge in [-0.1, -0.05) is 12.8 Å². The van der Waals surface area contributed by atoms with Gasteiger partial charge >= 0.3 is 0 Å². The molecular weight excluding hydrogens is 202 g/mol. The van der Waals surface area contributed by atoms with Gasteiger partial charge in [0.2, 0.25) is 0 Å². The van der Waals surface area contributed by atoms with E-state index in [2.05, 4.69) is 19.1 Å². The molecule has 1 aromatic rings. The zero-order valence-electron chi connectivity index (χ0n) is 7.82. The second-order valence-electron chi connectivity index (χ2n) is 3.73. The van der Waals surface area contributed by atoms with Gasteiger partial charge in [0.1, 0.15) is 0 Å². The van der Waals surface area contributed by atoms with Gasteiger partial charge in [-0.25, -0.2) is 0 Å². The smallest absolute Gasteiger partial charge is 0.0392 e. The van der Waals surface area contributed by atoms with E-state index in [9.17, 15) is 0 Å². The summed E-state index contributed by atoms with van der Waals surface area (Å²) in [5.74, 6) is 0.933. The number of hydrogen-bond donors (Lipinski definition) is 1. The molecule has 1 atom stereocenters. The molecule has 1 aliphatic rings. The molecule has 1 nitrogen and oxygen atoms in total. The number of halogens is 1. The maximum absolute atomic E-state index is 6.06. The first-order valence-electron chi connectivity index (χ1n) is 4.57. The van der Waals surface area contributed by atoms with Crippen molar-refractivity contribution in [2.45, 2.75) is 32.2 Å². The second kappa shape index (κ2) is 4.45. The summed E-state index contributed by atoms with van der Waals surface area (Å²) in [5.41, 5.74) is 6.06. The summed E-state index contributed by atoms with van der Waals surface area (Å²) in [7, 11) is 0. The van der Waals surface area contributed by atoms with Gasteiger partial charge in [0.25, 0.3) is 0 Å². The van der Waals surface area contributed by atoms with Crippen molar-refractivity contribution in [2.24, 2.45) is 11.7 Å². The molecular formula is C10H16ClNS. The van der Waals surface area contributed by atoms with Crippen molar-refractivity contribution in [1.82, 2.24) is 0 Å². The Morgan fingerprint density at radius 3 is 2.69 bits per heavy atom. The zero-order chi connectivity index (χ0) is 8.55. The lowest BCUT2D eigenvalue weighted by atomic mass is 10.1. The molecule has 1 aliphatic carbocycles. The zero-order valence-corrected chi connectivity index (χ0v) is 9.46. The minimum absolute atomic E-state index is 0. The normalized spacial score (nSPS) is 18.0. The molecule has 1 heterocycles. The predicted octanol–water partition coefficient (Wildman–Crippen LogP) is 3.28. The van der Waals surface area contributed by atoms with E-state index in [0.717, 1.165) is 5.92 Å². The van der Waals surface area contributed by atoms with E-state index < -0.39 is 0 Å². The molecule has 3 heteroatoms. The van der Waals surface area contributed by atoms with Crippen LogP contribution in [0.3, 0.4) is 0 Å². The van der Waals surface area contributed by atoms with Crippen LogP contribution in [0.1, 0.15) is 35.1 Å². The Kier molecular flexibility index (Phi) is 3.77. The lowest BCUT2D eigenvalue weighted by Crippen LogP contribution is -2.08. The Bertz CT molecular complexity index is 268. The number of rotatable bonds is 3. The average Bonchev–Trinajstić information content (AvgIpc) is 2.72. The number of nitrogens with two attached hydrogens (primary N) is 1. The molecule has 0 aromatic carbocycles. The van der Waals surface area contributed by atoms with Crippen molar-refractivity contribution < 1.29 is 0 Å². The lowest BCUT2D eigenvalue weighted by Gasteiger charge is -2.07. The van der Waals surface area contributed by atoms with Crippen molar-refractivity contribution >= 4 is 23.7 Å². The second-order valence-corrected chi connectivity index (χ2v) is 5.05. The fourth-order valence-corrected chi connectivity index (χ4v) is 2.37. The minimum Gasteiger partial charge on any atom is -0.323 e. The molecule has 1 aromatic heterocycles. The van der Waals surface area contributed by atoms with Crippen LogP contribution in [0.15, 0.2) is 12.1 Å². The van der Waals surface area contributed by atoms with Crippen LogP contribution in [-0.2, 0) is 0 Å². The van der Waals surface area contributed by atoms with Crippen LogP contribution in [0.4, 0.5) is 0 Å². The Labute approximate surface area is 89.7 Å². The van der Waals surface area contributed by atoms with Crippen molar-refractivity contribution in [3.05, 3.63) is 21.9 Å². The fraction of sp³-hybridized carbons (Fsp3) is 0.600. The monoisotopic (exact) mass is 217 g/mol. The summed E-state index contributed by atoms with van der Waals surface area (Å²) in [5, 5.41) is 0. The molecule has 1 saturated carbocycles. The van der Waals surface area contributed by atoms with Crippen LogP contribution in [0, 0.1) is 12.8 Å². The van der Waals surface area contributed by atoms with Crippen LogP contribution < -0.4 is 5.73 Å². The molecule has 0 spiro atoms. The molecule has 0 amide bonds. The summed E-state index contributed by atoms with van der Waals surface area (Å²) >= 11 is 1.84. The van der Waals surface area contributed by atoms with Crippen LogP contribution >= 0.6 is 23.7 Å². The molecule has 74 valence electrons. The molecule has 0 aliphatic heterocycles. The molecule has 13 heavy (non-hydrogen) atoms. The third-order valence-corrected chi connectivity index (χ3v) is 3.54.